The van der Waals surface area contributed by atoms with Gasteiger partial charge in [-0.05, 0) is 25.1 Å². The van der Waals surface area contributed by atoms with Crippen molar-refractivity contribution in [3.63, 3.8) is 0 Å². The van der Waals surface area contributed by atoms with Crippen LogP contribution < -0.4 is 11.1 Å². The molecule has 1 aromatic rings. The fourth-order valence-corrected chi connectivity index (χ4v) is 2.39. The third-order valence-electron chi connectivity index (χ3n) is 1.92. The van der Waals surface area contributed by atoms with Gasteiger partial charge in [0.2, 0.25) is 5.91 Å². The van der Waals surface area contributed by atoms with Crippen LogP contribution in [0.5, 0.6) is 0 Å². The first-order valence-electron chi connectivity index (χ1n) is 5.08. The molecule has 0 aliphatic carbocycles. The molecule has 88 valence electrons. The minimum Gasteiger partial charge on any atom is -0.399 e. The van der Waals surface area contributed by atoms with Crippen LogP contribution in [0.3, 0.4) is 0 Å². The lowest BCUT2D eigenvalue weighted by Crippen LogP contribution is -2.22. The predicted octanol–water partition coefficient (Wildman–Crippen LogP) is 2.54. The van der Waals surface area contributed by atoms with Crippen LogP contribution >= 0.6 is 23.4 Å². The van der Waals surface area contributed by atoms with Gasteiger partial charge in [-0.25, -0.2) is 0 Å². The predicted molar refractivity (Wildman–Crippen MR) is 69.9 cm³/mol. The number of nitrogens with two attached hydrogens (primary N) is 1. The molecule has 0 fully saturated rings. The maximum Gasteiger partial charge on any atom is 0.220 e. The highest BCUT2D eigenvalue weighted by Crippen LogP contribution is 2.29. The molecule has 16 heavy (non-hydrogen) atoms. The van der Waals surface area contributed by atoms with Gasteiger partial charge in [-0.3, -0.25) is 4.79 Å². The maximum absolute atomic E-state index is 11.2. The second-order valence-electron chi connectivity index (χ2n) is 3.24. The first-order valence-corrected chi connectivity index (χ1v) is 6.44. The molecule has 0 saturated carbocycles. The van der Waals surface area contributed by atoms with Crippen molar-refractivity contribution in [1.82, 2.24) is 5.32 Å². The Morgan fingerprint density at radius 2 is 2.31 bits per heavy atom. The molecule has 0 saturated heterocycles. The van der Waals surface area contributed by atoms with Crippen molar-refractivity contribution >= 4 is 35.0 Å². The number of carbonyl (C=O) groups is 1. The molecule has 5 heteroatoms. The highest BCUT2D eigenvalue weighted by atomic mass is 35.5. The van der Waals surface area contributed by atoms with Crippen molar-refractivity contribution in [2.75, 3.05) is 18.0 Å². The molecule has 0 radical (unpaired) electrons. The van der Waals surface area contributed by atoms with E-state index in [1.165, 1.54) is 0 Å². The van der Waals surface area contributed by atoms with E-state index in [9.17, 15) is 4.79 Å². The fourth-order valence-electron chi connectivity index (χ4n) is 1.17. The third-order valence-corrected chi connectivity index (χ3v) is 3.42. The molecule has 0 heterocycles. The average molecular weight is 259 g/mol. The van der Waals surface area contributed by atoms with Crippen molar-refractivity contribution in [3.05, 3.63) is 23.2 Å². The molecule has 3 nitrogen and oxygen atoms in total. The third kappa shape index (κ3) is 4.33. The van der Waals surface area contributed by atoms with Gasteiger partial charge in [0.05, 0.1) is 5.02 Å². The normalized spacial score (nSPS) is 10.1. The Bertz CT molecular complexity index is 371. The molecule has 1 rings (SSSR count). The lowest BCUT2D eigenvalue weighted by Gasteiger charge is -2.05. The number of rotatable bonds is 5. The zero-order valence-electron chi connectivity index (χ0n) is 9.13. The quantitative estimate of drug-likeness (QED) is 0.630. The summed E-state index contributed by atoms with van der Waals surface area (Å²) in [6.45, 7) is 2.58. The van der Waals surface area contributed by atoms with Crippen LogP contribution in [0.15, 0.2) is 23.1 Å². The number of hydrogen-bond donors (Lipinski definition) is 2. The van der Waals surface area contributed by atoms with Crippen molar-refractivity contribution in [1.29, 1.82) is 0 Å². The summed E-state index contributed by atoms with van der Waals surface area (Å²) in [5, 5.41) is 3.39. The van der Waals surface area contributed by atoms with Gasteiger partial charge in [-0.15, -0.1) is 11.8 Å². The van der Waals surface area contributed by atoms with Crippen molar-refractivity contribution in [2.24, 2.45) is 0 Å². The number of hydrogen-bond acceptors (Lipinski definition) is 3. The maximum atomic E-state index is 11.2. The lowest BCUT2D eigenvalue weighted by atomic mass is 10.3. The summed E-state index contributed by atoms with van der Waals surface area (Å²) in [5.74, 6) is 0.789. The minimum atomic E-state index is 0.0709. The monoisotopic (exact) mass is 258 g/mol. The summed E-state index contributed by atoms with van der Waals surface area (Å²) >= 11 is 7.57. The number of halogens is 1. The molecule has 0 unspecified atom stereocenters. The minimum absolute atomic E-state index is 0.0709. The molecule has 0 aromatic heterocycles. The first-order chi connectivity index (χ1) is 7.63. The average Bonchev–Trinajstić information content (AvgIpc) is 2.22. The van der Waals surface area contributed by atoms with Crippen molar-refractivity contribution in [2.45, 2.75) is 18.2 Å². The number of nitrogens with one attached hydrogen (secondary N) is 1. The van der Waals surface area contributed by atoms with E-state index in [2.05, 4.69) is 5.32 Å². The van der Waals surface area contributed by atoms with Gasteiger partial charge in [0.1, 0.15) is 0 Å². The van der Waals surface area contributed by atoms with E-state index in [0.29, 0.717) is 23.7 Å². The lowest BCUT2D eigenvalue weighted by molar-refractivity contribution is -0.120. The summed E-state index contributed by atoms with van der Waals surface area (Å²) in [6.07, 6.45) is 0.499. The Hall–Kier alpha value is -0.870. The Kier molecular flexibility index (Phi) is 5.49. The Morgan fingerprint density at radius 3 is 2.94 bits per heavy atom. The smallest absolute Gasteiger partial charge is 0.220 e. The summed E-state index contributed by atoms with van der Waals surface area (Å²) in [6, 6.07) is 5.40. The second kappa shape index (κ2) is 6.66. The molecule has 0 bridgehead atoms. The van der Waals surface area contributed by atoms with E-state index in [-0.39, 0.29) is 5.91 Å². The molecular weight excluding hydrogens is 244 g/mol. The number of amides is 1. The molecule has 3 N–H and O–H groups in total. The van der Waals surface area contributed by atoms with Crippen molar-refractivity contribution < 1.29 is 4.79 Å². The van der Waals surface area contributed by atoms with Crippen LogP contribution in [0.25, 0.3) is 0 Å². The highest BCUT2D eigenvalue weighted by molar-refractivity contribution is 7.99. The van der Waals surface area contributed by atoms with Gasteiger partial charge in [-0.1, -0.05) is 11.6 Å². The van der Waals surface area contributed by atoms with Gasteiger partial charge in [0.25, 0.3) is 0 Å². The van der Waals surface area contributed by atoms with Gasteiger partial charge in [0.15, 0.2) is 0 Å². The van der Waals surface area contributed by atoms with E-state index in [0.717, 1.165) is 10.6 Å². The van der Waals surface area contributed by atoms with E-state index < -0.39 is 0 Å². The van der Waals surface area contributed by atoms with Crippen LogP contribution in [-0.4, -0.2) is 18.2 Å². The standard InChI is InChI=1S/C11H15ClN2OS/c1-2-14-11(15)5-6-16-10-4-3-8(13)7-9(10)12/h3-4,7H,2,5-6,13H2,1H3,(H,14,15). The second-order valence-corrected chi connectivity index (χ2v) is 4.79. The molecule has 1 aromatic carbocycles. The number of benzene rings is 1. The van der Waals surface area contributed by atoms with E-state index in [1.807, 2.05) is 13.0 Å². The Balaban J connectivity index is 2.40. The molecule has 1 amide bonds. The van der Waals surface area contributed by atoms with Crippen molar-refractivity contribution in [3.8, 4) is 0 Å². The first kappa shape index (κ1) is 13.2. The zero-order chi connectivity index (χ0) is 12.0. The molecule has 0 aliphatic rings. The van der Waals surface area contributed by atoms with E-state index in [4.69, 9.17) is 17.3 Å². The van der Waals surface area contributed by atoms with Crippen LogP contribution in [0.2, 0.25) is 5.02 Å². The van der Waals surface area contributed by atoms with Crippen LogP contribution in [-0.2, 0) is 4.79 Å². The summed E-state index contributed by atoms with van der Waals surface area (Å²) in [4.78, 5) is 12.2. The molecular formula is C11H15ClN2OS. The summed E-state index contributed by atoms with van der Waals surface area (Å²) in [5.41, 5.74) is 6.24. The SMILES string of the molecule is CCNC(=O)CCSc1ccc(N)cc1Cl. The highest BCUT2D eigenvalue weighted by Gasteiger charge is 2.03. The number of carbonyl (C=O) groups excluding carboxylic acids is 1. The van der Waals surface area contributed by atoms with Crippen LogP contribution in [0.4, 0.5) is 5.69 Å². The zero-order valence-corrected chi connectivity index (χ0v) is 10.7. The largest absolute Gasteiger partial charge is 0.399 e. The molecule has 0 aliphatic heterocycles. The topological polar surface area (TPSA) is 55.1 Å². The summed E-state index contributed by atoms with van der Waals surface area (Å²) < 4.78 is 0. The van der Waals surface area contributed by atoms with Crippen LogP contribution in [0, 0.1) is 0 Å². The number of anilines is 1. The van der Waals surface area contributed by atoms with E-state index in [1.54, 1.807) is 23.9 Å². The van der Waals surface area contributed by atoms with Gasteiger partial charge in [0, 0.05) is 29.3 Å². The van der Waals surface area contributed by atoms with Gasteiger partial charge >= 0.3 is 0 Å². The number of thioether (sulfide) groups is 1. The Morgan fingerprint density at radius 1 is 1.56 bits per heavy atom. The molecule has 0 spiro atoms. The van der Waals surface area contributed by atoms with Gasteiger partial charge in [-0.2, -0.15) is 0 Å². The van der Waals surface area contributed by atoms with Crippen LogP contribution in [0.1, 0.15) is 13.3 Å². The fraction of sp³-hybridized carbons (Fsp3) is 0.364. The number of nitrogen functional groups attached to an aromatic ring is 1. The van der Waals surface area contributed by atoms with E-state index >= 15 is 0 Å². The molecule has 0 atom stereocenters. The Labute approximate surface area is 105 Å². The van der Waals surface area contributed by atoms with Gasteiger partial charge < -0.3 is 11.1 Å². The summed E-state index contributed by atoms with van der Waals surface area (Å²) in [7, 11) is 0.